The van der Waals surface area contributed by atoms with E-state index in [9.17, 15) is 0 Å². The van der Waals surface area contributed by atoms with Crippen molar-refractivity contribution >= 4 is 34.7 Å². The molecule has 0 radical (unpaired) electrons. The van der Waals surface area contributed by atoms with Crippen LogP contribution in [0.1, 0.15) is 0 Å². The lowest BCUT2D eigenvalue weighted by Gasteiger charge is -2.02. The Bertz CT molecular complexity index is 908. The number of rotatable bonds is 4. The van der Waals surface area contributed by atoms with Gasteiger partial charge in [0.05, 0.1) is 11.4 Å². The van der Waals surface area contributed by atoms with Gasteiger partial charge in [0.25, 0.3) is 0 Å². The Kier molecular flexibility index (Phi) is 4.78. The summed E-state index contributed by atoms with van der Waals surface area (Å²) in [6.45, 7) is 0. The Morgan fingerprint density at radius 3 is 2.83 bits per heavy atom. The van der Waals surface area contributed by atoms with Crippen LogP contribution in [0.3, 0.4) is 0 Å². The normalized spacial score (nSPS) is 10.2. The van der Waals surface area contributed by atoms with Gasteiger partial charge in [-0.25, -0.2) is 14.6 Å². The van der Waals surface area contributed by atoms with Gasteiger partial charge in [0.1, 0.15) is 12.1 Å². The maximum absolute atomic E-state index is 4.60. The molecular formula is C15H12ClN7S. The molecule has 3 aromatic heterocycles. The first-order chi connectivity index (χ1) is 11.4. The highest BCUT2D eigenvalue weighted by Crippen LogP contribution is 2.27. The van der Waals surface area contributed by atoms with Crippen molar-refractivity contribution in [3.05, 3.63) is 60.4 Å². The first-order valence-electron chi connectivity index (χ1n) is 6.86. The molecule has 0 amide bonds. The molecule has 4 aromatic rings. The van der Waals surface area contributed by atoms with E-state index in [1.54, 1.807) is 17.2 Å². The van der Waals surface area contributed by atoms with Crippen molar-refractivity contribution in [1.82, 2.24) is 30.2 Å². The molecule has 4 rings (SSSR count). The number of benzene rings is 1. The fourth-order valence-corrected chi connectivity index (χ4v) is 2.82. The summed E-state index contributed by atoms with van der Waals surface area (Å²) in [6, 6.07) is 13.6. The average Bonchev–Trinajstić information content (AvgIpc) is 3.28. The molecule has 7 nitrogen and oxygen atoms in total. The van der Waals surface area contributed by atoms with Gasteiger partial charge in [-0.1, -0.05) is 18.2 Å². The summed E-state index contributed by atoms with van der Waals surface area (Å²) < 4.78 is 1.61. The second-order valence-corrected chi connectivity index (χ2v) is 5.54. The second-order valence-electron chi connectivity index (χ2n) is 4.68. The monoisotopic (exact) mass is 357 g/mol. The number of anilines is 2. The minimum atomic E-state index is 0. The summed E-state index contributed by atoms with van der Waals surface area (Å²) in [5.74, 6) is 0.774. The van der Waals surface area contributed by atoms with Crippen molar-refractivity contribution in [2.45, 2.75) is 0 Å². The summed E-state index contributed by atoms with van der Waals surface area (Å²) in [7, 11) is 0. The van der Waals surface area contributed by atoms with Crippen LogP contribution in [0.4, 0.5) is 10.9 Å². The maximum Gasteiger partial charge on any atom is 0.188 e. The minimum absolute atomic E-state index is 0. The number of hydrogen-bond donors (Lipinski definition) is 1. The molecule has 3 heterocycles. The van der Waals surface area contributed by atoms with Gasteiger partial charge in [-0.05, 0) is 34.7 Å². The van der Waals surface area contributed by atoms with E-state index in [0.29, 0.717) is 0 Å². The molecule has 0 saturated carbocycles. The summed E-state index contributed by atoms with van der Waals surface area (Å²) in [6.07, 6.45) is 3.31. The predicted molar refractivity (Wildman–Crippen MR) is 95.0 cm³/mol. The van der Waals surface area contributed by atoms with Crippen molar-refractivity contribution in [2.75, 3.05) is 5.32 Å². The van der Waals surface area contributed by atoms with Crippen molar-refractivity contribution < 1.29 is 0 Å². The molecule has 1 aromatic carbocycles. The van der Waals surface area contributed by atoms with Crippen LogP contribution in [-0.2, 0) is 0 Å². The highest BCUT2D eigenvalue weighted by molar-refractivity contribution is 7.14. The molecule has 0 fully saturated rings. The fraction of sp³-hybridized carbons (Fsp3) is 0. The quantitative estimate of drug-likeness (QED) is 0.603. The van der Waals surface area contributed by atoms with E-state index in [1.165, 1.54) is 11.3 Å². The third kappa shape index (κ3) is 3.39. The third-order valence-electron chi connectivity index (χ3n) is 3.16. The lowest BCUT2D eigenvalue weighted by molar-refractivity contribution is 0.789. The van der Waals surface area contributed by atoms with Gasteiger partial charge in [0.2, 0.25) is 0 Å². The Morgan fingerprint density at radius 1 is 1.08 bits per heavy atom. The van der Waals surface area contributed by atoms with E-state index in [1.807, 2.05) is 47.8 Å². The topological polar surface area (TPSA) is 81.4 Å². The first kappa shape index (κ1) is 16.0. The Labute approximate surface area is 147 Å². The fourth-order valence-electron chi connectivity index (χ4n) is 2.10. The maximum atomic E-state index is 4.60. The largest absolute Gasteiger partial charge is 0.316 e. The van der Waals surface area contributed by atoms with Gasteiger partial charge in [-0.15, -0.1) is 28.8 Å². The van der Waals surface area contributed by atoms with Gasteiger partial charge in [-0.2, -0.15) is 0 Å². The Balaban J connectivity index is 0.00000169. The SMILES string of the molecule is Cl.c1ccc(Nc2nc(-c3cccc(-n4cnnn4)c3)cs2)nc1. The number of tetrazole rings is 1. The van der Waals surface area contributed by atoms with Crippen LogP contribution in [-0.4, -0.2) is 30.2 Å². The van der Waals surface area contributed by atoms with Crippen molar-refractivity contribution in [3.8, 4) is 16.9 Å². The lowest BCUT2D eigenvalue weighted by atomic mass is 10.1. The molecule has 0 bridgehead atoms. The molecular weight excluding hydrogens is 346 g/mol. The first-order valence-corrected chi connectivity index (χ1v) is 7.74. The number of halogens is 1. The number of nitrogens with one attached hydrogen (secondary N) is 1. The van der Waals surface area contributed by atoms with Crippen LogP contribution in [0.15, 0.2) is 60.4 Å². The van der Waals surface area contributed by atoms with Crippen molar-refractivity contribution in [3.63, 3.8) is 0 Å². The second kappa shape index (κ2) is 7.16. The number of aromatic nitrogens is 6. The predicted octanol–water partition coefficient (Wildman–Crippen LogP) is 3.35. The summed E-state index contributed by atoms with van der Waals surface area (Å²) >= 11 is 1.53. The molecule has 9 heteroatoms. The van der Waals surface area contributed by atoms with Crippen molar-refractivity contribution in [1.29, 1.82) is 0 Å². The molecule has 0 saturated heterocycles. The number of hydrogen-bond acceptors (Lipinski definition) is 7. The van der Waals surface area contributed by atoms with Gasteiger partial charge < -0.3 is 5.32 Å². The zero-order valence-corrected chi connectivity index (χ0v) is 13.9. The Hall–Kier alpha value is -2.84. The van der Waals surface area contributed by atoms with Crippen LogP contribution >= 0.6 is 23.7 Å². The molecule has 0 aliphatic carbocycles. The lowest BCUT2D eigenvalue weighted by Crippen LogP contribution is -1.95. The van der Waals surface area contributed by atoms with Gasteiger partial charge in [0.15, 0.2) is 5.13 Å². The Morgan fingerprint density at radius 2 is 2.04 bits per heavy atom. The standard InChI is InChI=1S/C15H11N7S.ClH/c1-2-7-16-14(6-1)19-15-18-13(9-23-15)11-4-3-5-12(8-11)22-10-17-20-21-22;/h1-10H,(H,16,18,19);1H. The zero-order chi connectivity index (χ0) is 15.5. The van der Waals surface area contributed by atoms with Crippen LogP contribution in [0, 0.1) is 0 Å². The zero-order valence-electron chi connectivity index (χ0n) is 12.3. The summed E-state index contributed by atoms with van der Waals surface area (Å²) in [5.41, 5.74) is 2.78. The van der Waals surface area contributed by atoms with E-state index in [2.05, 4.69) is 30.8 Å². The molecule has 0 atom stereocenters. The van der Waals surface area contributed by atoms with Crippen LogP contribution < -0.4 is 5.32 Å². The minimum Gasteiger partial charge on any atom is -0.316 e. The molecule has 24 heavy (non-hydrogen) atoms. The molecule has 1 N–H and O–H groups in total. The number of thiazole rings is 1. The number of pyridine rings is 1. The van der Waals surface area contributed by atoms with E-state index < -0.39 is 0 Å². The van der Waals surface area contributed by atoms with Gasteiger partial charge >= 0.3 is 0 Å². The van der Waals surface area contributed by atoms with Crippen LogP contribution in [0.25, 0.3) is 16.9 Å². The van der Waals surface area contributed by atoms with E-state index >= 15 is 0 Å². The van der Waals surface area contributed by atoms with E-state index in [4.69, 9.17) is 0 Å². The van der Waals surface area contributed by atoms with Crippen LogP contribution in [0.5, 0.6) is 0 Å². The third-order valence-corrected chi connectivity index (χ3v) is 3.92. The molecule has 0 unspecified atom stereocenters. The number of nitrogens with zero attached hydrogens (tertiary/aromatic N) is 6. The van der Waals surface area contributed by atoms with Crippen molar-refractivity contribution in [2.24, 2.45) is 0 Å². The highest BCUT2D eigenvalue weighted by Gasteiger charge is 2.07. The molecule has 0 spiro atoms. The van der Waals surface area contributed by atoms with Gasteiger partial charge in [-0.3, -0.25) is 0 Å². The molecule has 120 valence electrons. The molecule has 0 aliphatic heterocycles. The molecule has 0 aliphatic rings. The highest BCUT2D eigenvalue weighted by atomic mass is 35.5. The van der Waals surface area contributed by atoms with Crippen LogP contribution in [0.2, 0.25) is 0 Å². The smallest absolute Gasteiger partial charge is 0.188 e. The summed E-state index contributed by atoms with van der Waals surface area (Å²) in [4.78, 5) is 8.84. The van der Waals surface area contributed by atoms with E-state index in [0.717, 1.165) is 27.9 Å². The summed E-state index contributed by atoms with van der Waals surface area (Å²) in [5, 5.41) is 17.2. The van der Waals surface area contributed by atoms with Gasteiger partial charge in [0, 0.05) is 17.1 Å². The van der Waals surface area contributed by atoms with E-state index in [-0.39, 0.29) is 12.4 Å². The average molecular weight is 358 g/mol.